The molecule has 7 nitrogen and oxygen atoms in total. The number of aliphatic hydroxyl groups is 1. The smallest absolute Gasteiger partial charge is 1.00 e. The van der Waals surface area contributed by atoms with Crippen LogP contribution in [0.25, 0.3) is 0 Å². The van der Waals surface area contributed by atoms with Gasteiger partial charge >= 0.3 is 39.9 Å². The fraction of sp³-hybridized carbons (Fsp3) is 1.00. The first kappa shape index (κ1) is 188. The minimum atomic E-state index is 0. The Balaban J connectivity index is -0.000000000444. The minimum Gasteiger partial charge on any atom is -1.00 e. The number of hydrogen-bond donors (Lipinski definition) is 1. The Morgan fingerprint density at radius 3 is 0.692 bits per heavy atom. The topological polar surface area (TPSA) is 209 Å². The molecular weight excluding hydrogens is 400 g/mol. The van der Waals surface area contributed by atoms with Gasteiger partial charge in [-0.2, -0.15) is 0 Å². The Bertz CT molecular complexity index is 21.7. The Morgan fingerprint density at radius 2 is 0.692 bits per heavy atom. The van der Waals surface area contributed by atoms with Gasteiger partial charge in [0.2, 0.25) is 0 Å². The second-order valence-electron chi connectivity index (χ2n) is 0.316. The van der Waals surface area contributed by atoms with Crippen molar-refractivity contribution < 1.29 is 115 Å². The predicted octanol–water partition coefficient (Wildman–Crippen LogP) is -13.9. The van der Waals surface area contributed by atoms with E-state index in [1.807, 2.05) is 0 Å². The van der Waals surface area contributed by atoms with Crippen LogP contribution in [0.3, 0.4) is 0 Å². The first-order chi connectivity index (χ1) is 1.41. The average molecular weight is 418 g/mol. The van der Waals surface area contributed by atoms with Crippen molar-refractivity contribution in [1.29, 1.82) is 0 Å². The number of rotatable bonds is 0. The van der Waals surface area contributed by atoms with Crippen LogP contribution in [-0.4, -0.2) is 44.6 Å². The molecule has 0 bridgehead atoms. The number of hydrogen-bond acceptors (Lipinski definition) is 1. The van der Waals surface area contributed by atoms with Crippen molar-refractivity contribution in [3.05, 3.63) is 0 Å². The van der Waals surface area contributed by atoms with E-state index >= 15 is 0 Å². The molecule has 11 heteroatoms. The fourth-order valence-electron chi connectivity index (χ4n) is 0. The molecule has 0 aromatic carbocycles. The molecule has 0 aromatic rings. The third kappa shape index (κ3) is 539. The molecule has 0 saturated heterocycles. The van der Waals surface area contributed by atoms with Crippen LogP contribution in [-0.2, 0) is 0 Å². The molecule has 13 heavy (non-hydrogen) atoms. The van der Waals surface area contributed by atoms with E-state index in [9.17, 15) is 0 Å². The molecular formula is C2H18Cl3GdO7. The SMILES string of the molecule is CCO.O.O.O.O.O.O.[Cl-].[Cl-].[Cl-].[Gd+3]. The maximum atomic E-state index is 7.57. The zero-order valence-corrected chi connectivity index (χ0v) is 11.2. The van der Waals surface area contributed by atoms with Crippen molar-refractivity contribution in [3.63, 3.8) is 0 Å². The zero-order chi connectivity index (χ0) is 2.71. The first-order valence-corrected chi connectivity index (χ1v) is 1.02. The number of aliphatic hydroxyl groups excluding tert-OH is 1. The number of halogens is 3. The molecule has 0 spiro atoms. The van der Waals surface area contributed by atoms with Crippen molar-refractivity contribution in [1.82, 2.24) is 0 Å². The van der Waals surface area contributed by atoms with Crippen molar-refractivity contribution in [2.75, 3.05) is 6.61 Å². The van der Waals surface area contributed by atoms with Gasteiger partial charge in [0.05, 0.1) is 0 Å². The molecule has 0 saturated carbocycles. The summed E-state index contributed by atoms with van der Waals surface area (Å²) in [4.78, 5) is 0. The molecule has 97 valence electrons. The minimum absolute atomic E-state index is 0. The van der Waals surface area contributed by atoms with Crippen LogP contribution in [0.4, 0.5) is 0 Å². The van der Waals surface area contributed by atoms with Crippen molar-refractivity contribution in [2.45, 2.75) is 6.92 Å². The Hall–Kier alpha value is 1.91. The molecule has 0 atom stereocenters. The van der Waals surface area contributed by atoms with E-state index in [1.165, 1.54) is 0 Å². The van der Waals surface area contributed by atoms with Crippen LogP contribution in [0.2, 0.25) is 0 Å². The average Bonchev–Trinajstić information content (AvgIpc) is 0.918. The molecule has 0 heterocycles. The van der Waals surface area contributed by atoms with Crippen LogP contribution in [0.1, 0.15) is 6.92 Å². The predicted molar refractivity (Wildman–Crippen MR) is 34.4 cm³/mol. The van der Waals surface area contributed by atoms with Gasteiger partial charge in [-0.1, -0.05) is 0 Å². The molecule has 0 rings (SSSR count). The normalized spacial score (nSPS) is 1.38. The molecule has 0 aliphatic rings. The fourth-order valence-corrected chi connectivity index (χ4v) is 0. The van der Waals surface area contributed by atoms with E-state index in [0.29, 0.717) is 0 Å². The van der Waals surface area contributed by atoms with E-state index in [1.54, 1.807) is 6.92 Å². The van der Waals surface area contributed by atoms with Gasteiger partial charge in [0, 0.05) is 6.61 Å². The second kappa shape index (κ2) is 273. The first-order valence-electron chi connectivity index (χ1n) is 1.02. The van der Waals surface area contributed by atoms with E-state index in [0.717, 1.165) is 0 Å². The zero-order valence-electron chi connectivity index (χ0n) is 6.64. The largest absolute Gasteiger partial charge is 3.00 e. The van der Waals surface area contributed by atoms with Gasteiger partial charge in [-0.15, -0.1) is 0 Å². The van der Waals surface area contributed by atoms with E-state index in [2.05, 4.69) is 0 Å². The van der Waals surface area contributed by atoms with Crippen LogP contribution in [0.5, 0.6) is 0 Å². The summed E-state index contributed by atoms with van der Waals surface area (Å²) in [5, 5.41) is 7.57. The Kier molecular flexibility index (Phi) is 3960. The van der Waals surface area contributed by atoms with Gasteiger partial charge in [-0.3, -0.25) is 0 Å². The molecule has 0 unspecified atom stereocenters. The molecule has 0 fully saturated rings. The summed E-state index contributed by atoms with van der Waals surface area (Å²) in [6.07, 6.45) is 0. The van der Waals surface area contributed by atoms with E-state index in [4.69, 9.17) is 5.11 Å². The van der Waals surface area contributed by atoms with Gasteiger partial charge in [0.25, 0.3) is 0 Å². The summed E-state index contributed by atoms with van der Waals surface area (Å²) >= 11 is 0. The summed E-state index contributed by atoms with van der Waals surface area (Å²) in [6, 6.07) is 0. The van der Waals surface area contributed by atoms with E-state index < -0.39 is 0 Å². The third-order valence-electron chi connectivity index (χ3n) is 0. The summed E-state index contributed by atoms with van der Waals surface area (Å²) in [6.45, 7) is 1.93. The van der Waals surface area contributed by atoms with Crippen molar-refractivity contribution in [2.24, 2.45) is 0 Å². The quantitative estimate of drug-likeness (QED) is 0.399. The molecule has 13 N–H and O–H groups in total. The molecule has 0 amide bonds. The van der Waals surface area contributed by atoms with Crippen molar-refractivity contribution in [3.8, 4) is 0 Å². The Morgan fingerprint density at radius 1 is 0.692 bits per heavy atom. The van der Waals surface area contributed by atoms with Crippen LogP contribution < -0.4 is 37.2 Å². The van der Waals surface area contributed by atoms with Crippen LogP contribution >= 0.6 is 0 Å². The standard InChI is InChI=1S/C2H6O.3ClH.Gd.6H2O/c1-2-3;;;;;;;;;;/h3H,2H2,1H3;3*1H;;6*1H2/q;;;;+3;;;;;;/p-3. The summed E-state index contributed by atoms with van der Waals surface area (Å²) in [5.74, 6) is 0. The Labute approximate surface area is 127 Å². The van der Waals surface area contributed by atoms with Gasteiger partial charge in [-0.05, 0) is 6.92 Å². The second-order valence-corrected chi connectivity index (χ2v) is 0.316. The van der Waals surface area contributed by atoms with Gasteiger partial charge in [0.15, 0.2) is 0 Å². The van der Waals surface area contributed by atoms with Crippen molar-refractivity contribution >= 4 is 0 Å². The van der Waals surface area contributed by atoms with Crippen LogP contribution in [0, 0.1) is 39.9 Å². The molecule has 0 aromatic heterocycles. The molecule has 0 aliphatic heterocycles. The van der Waals surface area contributed by atoms with E-state index in [-0.39, 0.29) is 117 Å². The van der Waals surface area contributed by atoms with Gasteiger partial charge < -0.3 is 75.2 Å². The third-order valence-corrected chi connectivity index (χ3v) is 0. The van der Waals surface area contributed by atoms with Crippen LogP contribution in [0.15, 0.2) is 0 Å². The summed E-state index contributed by atoms with van der Waals surface area (Å²) in [5.41, 5.74) is 0. The summed E-state index contributed by atoms with van der Waals surface area (Å²) < 4.78 is 0. The maximum absolute atomic E-state index is 7.57. The van der Waals surface area contributed by atoms with Gasteiger partial charge in [0.1, 0.15) is 0 Å². The monoisotopic (exact) mass is 417 g/mol. The van der Waals surface area contributed by atoms with Gasteiger partial charge in [-0.25, -0.2) is 0 Å². The summed E-state index contributed by atoms with van der Waals surface area (Å²) in [7, 11) is 0. The molecule has 0 aliphatic carbocycles. The molecule has 1 radical (unpaired) electrons. The maximum Gasteiger partial charge on any atom is 3.00 e.